The van der Waals surface area contributed by atoms with Crippen LogP contribution >= 0.6 is 0 Å². The second-order valence-electron chi connectivity index (χ2n) is 7.33. The molecule has 4 rings (SSSR count). The maximum absolute atomic E-state index is 13.5. The summed E-state index contributed by atoms with van der Waals surface area (Å²) >= 11 is 0. The second-order valence-corrected chi connectivity index (χ2v) is 7.33. The summed E-state index contributed by atoms with van der Waals surface area (Å²) in [5.41, 5.74) is 3.86. The molecular weight excluding hydrogens is 354 g/mol. The fourth-order valence-corrected chi connectivity index (χ4v) is 3.99. The summed E-state index contributed by atoms with van der Waals surface area (Å²) in [5.74, 6) is -0.693. The van der Waals surface area contributed by atoms with E-state index in [0.29, 0.717) is 19.8 Å². The molecule has 0 bridgehead atoms. The van der Waals surface area contributed by atoms with E-state index in [9.17, 15) is 4.79 Å². The van der Waals surface area contributed by atoms with Crippen LogP contribution in [0.4, 0.5) is 5.69 Å². The highest BCUT2D eigenvalue weighted by molar-refractivity contribution is 6.06. The number of ether oxygens (including phenoxy) is 3. The number of carbonyl (C=O) groups excluding carboxylic acids is 1. The van der Waals surface area contributed by atoms with Crippen LogP contribution in [-0.4, -0.2) is 26.2 Å². The van der Waals surface area contributed by atoms with Crippen molar-refractivity contribution in [3.8, 4) is 5.75 Å². The van der Waals surface area contributed by atoms with Crippen molar-refractivity contribution < 1.29 is 19.0 Å². The fraction of sp³-hybridized carbons (Fsp3) is 0.435. The number of aryl methyl sites for hydroxylation is 1. The summed E-state index contributed by atoms with van der Waals surface area (Å²) < 4.78 is 17.5. The second kappa shape index (κ2) is 7.94. The quantitative estimate of drug-likeness (QED) is 0.753. The summed E-state index contributed by atoms with van der Waals surface area (Å²) in [6, 6.07) is 14.0. The first-order valence-electron chi connectivity index (χ1n) is 10.0. The van der Waals surface area contributed by atoms with Gasteiger partial charge >= 0.3 is 0 Å². The van der Waals surface area contributed by atoms with Crippen LogP contribution in [0.5, 0.6) is 5.75 Å². The summed E-state index contributed by atoms with van der Waals surface area (Å²) in [7, 11) is 1.65. The number of carbonyl (C=O) groups is 1. The Bertz CT molecular complexity index is 857. The van der Waals surface area contributed by atoms with Gasteiger partial charge in [-0.25, -0.2) is 0 Å². The molecule has 28 heavy (non-hydrogen) atoms. The van der Waals surface area contributed by atoms with Gasteiger partial charge in [-0.15, -0.1) is 0 Å². The molecule has 2 aliphatic rings. The Morgan fingerprint density at radius 3 is 2.68 bits per heavy atom. The van der Waals surface area contributed by atoms with Crippen molar-refractivity contribution in [2.24, 2.45) is 0 Å². The molecule has 1 fully saturated rings. The maximum atomic E-state index is 13.5. The lowest BCUT2D eigenvalue weighted by molar-refractivity contribution is -0.256. The number of anilines is 1. The minimum absolute atomic E-state index is 0.152. The minimum atomic E-state index is -1.31. The first-order chi connectivity index (χ1) is 13.7. The third-order valence-corrected chi connectivity index (χ3v) is 5.47. The number of nitrogens with zero attached hydrogens (tertiary/aromatic N) is 1. The number of unbranched alkanes of at least 4 members (excludes halogenated alkanes) is 1. The lowest BCUT2D eigenvalue weighted by atomic mass is 10.00. The molecule has 2 aliphatic heterocycles. The van der Waals surface area contributed by atoms with Crippen LogP contribution in [0.15, 0.2) is 42.5 Å². The molecule has 0 N–H and O–H groups in total. The van der Waals surface area contributed by atoms with E-state index < -0.39 is 5.79 Å². The smallest absolute Gasteiger partial charge is 0.292 e. The van der Waals surface area contributed by atoms with E-state index in [1.807, 2.05) is 30.3 Å². The van der Waals surface area contributed by atoms with Gasteiger partial charge in [-0.3, -0.25) is 4.79 Å². The van der Waals surface area contributed by atoms with E-state index in [0.717, 1.165) is 48.2 Å². The van der Waals surface area contributed by atoms with Crippen LogP contribution in [0.25, 0.3) is 0 Å². The number of hydrogen-bond donors (Lipinski definition) is 0. The van der Waals surface area contributed by atoms with Crippen molar-refractivity contribution in [2.45, 2.75) is 44.9 Å². The van der Waals surface area contributed by atoms with Crippen molar-refractivity contribution >= 4 is 11.6 Å². The Kier molecular flexibility index (Phi) is 5.38. The van der Waals surface area contributed by atoms with E-state index in [2.05, 4.69) is 19.1 Å². The number of hydrogen-bond acceptors (Lipinski definition) is 4. The monoisotopic (exact) mass is 381 g/mol. The van der Waals surface area contributed by atoms with E-state index in [1.165, 1.54) is 5.56 Å². The SMILES string of the molecule is CCCCc1ccc2c(c1)C1(OCCCO1)C(=O)N2Cc1ccccc1OC. The largest absolute Gasteiger partial charge is 0.496 e. The van der Waals surface area contributed by atoms with Gasteiger partial charge < -0.3 is 19.1 Å². The molecule has 2 heterocycles. The van der Waals surface area contributed by atoms with E-state index in [4.69, 9.17) is 14.2 Å². The average molecular weight is 381 g/mol. The van der Waals surface area contributed by atoms with Gasteiger partial charge in [0, 0.05) is 11.1 Å². The van der Waals surface area contributed by atoms with Crippen LogP contribution in [0.3, 0.4) is 0 Å². The van der Waals surface area contributed by atoms with Gasteiger partial charge in [-0.05, 0) is 43.0 Å². The molecule has 5 nitrogen and oxygen atoms in total. The number of rotatable bonds is 6. The van der Waals surface area contributed by atoms with Crippen LogP contribution in [-0.2, 0) is 33.0 Å². The fourth-order valence-electron chi connectivity index (χ4n) is 3.99. The molecule has 0 saturated carbocycles. The van der Waals surface area contributed by atoms with Crippen molar-refractivity contribution in [2.75, 3.05) is 25.2 Å². The third kappa shape index (κ3) is 3.19. The summed E-state index contributed by atoms with van der Waals surface area (Å²) in [5, 5.41) is 0. The predicted octanol–water partition coefficient (Wildman–Crippen LogP) is 4.17. The molecule has 5 heteroatoms. The Labute approximate surface area is 166 Å². The molecule has 1 spiro atoms. The summed E-state index contributed by atoms with van der Waals surface area (Å²) in [6.45, 7) is 3.64. The molecule has 1 amide bonds. The Morgan fingerprint density at radius 1 is 1.14 bits per heavy atom. The predicted molar refractivity (Wildman–Crippen MR) is 107 cm³/mol. The van der Waals surface area contributed by atoms with E-state index in [1.54, 1.807) is 12.0 Å². The van der Waals surface area contributed by atoms with E-state index >= 15 is 0 Å². The highest BCUT2D eigenvalue weighted by Gasteiger charge is 2.55. The number of methoxy groups -OCH3 is 1. The summed E-state index contributed by atoms with van der Waals surface area (Å²) in [4.78, 5) is 15.3. The van der Waals surface area contributed by atoms with Gasteiger partial charge in [0.1, 0.15) is 5.75 Å². The maximum Gasteiger partial charge on any atom is 0.292 e. The first-order valence-corrected chi connectivity index (χ1v) is 10.0. The Hall–Kier alpha value is -2.37. The lowest BCUT2D eigenvalue weighted by Gasteiger charge is -2.32. The van der Waals surface area contributed by atoms with Gasteiger partial charge in [0.25, 0.3) is 11.7 Å². The molecule has 1 saturated heterocycles. The van der Waals surface area contributed by atoms with Gasteiger partial charge in [0.15, 0.2) is 0 Å². The highest BCUT2D eigenvalue weighted by atomic mass is 16.7. The Morgan fingerprint density at radius 2 is 1.93 bits per heavy atom. The average Bonchev–Trinajstić information content (AvgIpc) is 2.95. The van der Waals surface area contributed by atoms with Crippen molar-refractivity contribution in [1.29, 1.82) is 0 Å². The molecular formula is C23H27NO4. The van der Waals surface area contributed by atoms with Crippen molar-refractivity contribution in [1.82, 2.24) is 0 Å². The number of para-hydroxylation sites is 1. The first kappa shape index (κ1) is 19.0. The molecule has 0 aliphatic carbocycles. The van der Waals surface area contributed by atoms with Crippen LogP contribution in [0.2, 0.25) is 0 Å². The van der Waals surface area contributed by atoms with Gasteiger partial charge in [0.2, 0.25) is 0 Å². The van der Waals surface area contributed by atoms with Gasteiger partial charge in [0.05, 0.1) is 32.6 Å². The molecule has 0 atom stereocenters. The van der Waals surface area contributed by atoms with Gasteiger partial charge in [-0.1, -0.05) is 37.6 Å². The number of fused-ring (bicyclic) bond motifs is 2. The highest BCUT2D eigenvalue weighted by Crippen LogP contribution is 2.46. The molecule has 2 aromatic carbocycles. The third-order valence-electron chi connectivity index (χ3n) is 5.47. The normalized spacial score (nSPS) is 17.8. The molecule has 0 aromatic heterocycles. The zero-order valence-electron chi connectivity index (χ0n) is 16.6. The molecule has 148 valence electrons. The van der Waals surface area contributed by atoms with E-state index in [-0.39, 0.29) is 5.91 Å². The summed E-state index contributed by atoms with van der Waals surface area (Å²) in [6.07, 6.45) is 4.04. The van der Waals surface area contributed by atoms with Crippen molar-refractivity contribution in [3.05, 3.63) is 59.2 Å². The van der Waals surface area contributed by atoms with Crippen LogP contribution in [0, 0.1) is 0 Å². The number of benzene rings is 2. The molecule has 0 unspecified atom stereocenters. The van der Waals surface area contributed by atoms with Crippen LogP contribution in [0.1, 0.15) is 42.9 Å². The Balaban J connectivity index is 1.74. The standard InChI is InChI=1S/C23H27NO4/c1-3-4-8-17-11-12-20-19(15-17)23(27-13-7-14-28-23)22(25)24(20)16-18-9-5-6-10-21(18)26-2/h5-6,9-12,15H,3-4,7-8,13-14,16H2,1-2H3. The van der Waals surface area contributed by atoms with Crippen LogP contribution < -0.4 is 9.64 Å². The zero-order chi connectivity index (χ0) is 19.6. The minimum Gasteiger partial charge on any atom is -0.496 e. The zero-order valence-corrected chi connectivity index (χ0v) is 16.6. The molecule has 0 radical (unpaired) electrons. The lowest BCUT2D eigenvalue weighted by Crippen LogP contribution is -2.47. The van der Waals surface area contributed by atoms with Gasteiger partial charge in [-0.2, -0.15) is 0 Å². The topological polar surface area (TPSA) is 48.0 Å². The molecule has 2 aromatic rings. The number of amides is 1. The van der Waals surface area contributed by atoms with Crippen molar-refractivity contribution in [3.63, 3.8) is 0 Å².